The molecule has 2 aliphatic heterocycles. The molecule has 18 heavy (non-hydrogen) atoms. The van der Waals surface area contributed by atoms with Gasteiger partial charge in [-0.3, -0.25) is 0 Å². The smallest absolute Gasteiger partial charge is 0.182 e. The number of aromatic nitrogens is 4. The number of nitrogens with zero attached hydrogens (tertiary/aromatic N) is 4. The Labute approximate surface area is 105 Å². The van der Waals surface area contributed by atoms with Gasteiger partial charge in [0, 0.05) is 26.1 Å². The van der Waals surface area contributed by atoms with Crippen LogP contribution in [0.25, 0.3) is 11.0 Å². The molecule has 0 spiro atoms. The van der Waals surface area contributed by atoms with Crippen molar-refractivity contribution in [1.29, 1.82) is 0 Å². The van der Waals surface area contributed by atoms with Gasteiger partial charge in [-0.15, -0.1) is 0 Å². The molecule has 4 heterocycles. The fourth-order valence-electron chi connectivity index (χ4n) is 3.38. The van der Waals surface area contributed by atoms with E-state index >= 15 is 0 Å². The van der Waals surface area contributed by atoms with Gasteiger partial charge < -0.3 is 10.6 Å². The second kappa shape index (κ2) is 3.47. The van der Waals surface area contributed by atoms with Crippen LogP contribution in [0.2, 0.25) is 0 Å². The van der Waals surface area contributed by atoms with Gasteiger partial charge in [-0.25, -0.2) is 9.36 Å². The number of aryl methyl sites for hydroxylation is 2. The highest BCUT2D eigenvalue weighted by Gasteiger charge is 2.34. The van der Waals surface area contributed by atoms with Crippen molar-refractivity contribution in [1.82, 2.24) is 24.9 Å². The quantitative estimate of drug-likeness (QED) is 0.716. The highest BCUT2D eigenvalue weighted by Crippen LogP contribution is 2.37. The van der Waals surface area contributed by atoms with Crippen LogP contribution in [0.3, 0.4) is 0 Å². The first-order valence-corrected chi connectivity index (χ1v) is 6.62. The Hall–Kier alpha value is -1.56. The molecule has 0 radical (unpaired) electrons. The first kappa shape index (κ1) is 10.4. The van der Waals surface area contributed by atoms with Gasteiger partial charge in [0.1, 0.15) is 5.82 Å². The van der Waals surface area contributed by atoms with Crippen molar-refractivity contribution in [3.63, 3.8) is 0 Å². The van der Waals surface area contributed by atoms with Crippen LogP contribution in [-0.4, -0.2) is 39.2 Å². The lowest BCUT2D eigenvalue weighted by atomic mass is 9.92. The topological polar surface area (TPSA) is 59.7 Å². The van der Waals surface area contributed by atoms with Crippen LogP contribution < -0.4 is 10.6 Å². The Kier molecular flexibility index (Phi) is 2.00. The molecule has 0 aliphatic carbocycles. The largest absolute Gasteiger partial charge is 0.369 e. The molecule has 6 heteroatoms. The molecule has 1 fully saturated rings. The van der Waals surface area contributed by atoms with Crippen LogP contribution >= 0.6 is 0 Å². The summed E-state index contributed by atoms with van der Waals surface area (Å²) in [4.78, 5) is 0. The van der Waals surface area contributed by atoms with Crippen LogP contribution in [0.4, 0.5) is 5.82 Å². The average Bonchev–Trinajstić information content (AvgIpc) is 2.89. The Morgan fingerprint density at radius 3 is 3.06 bits per heavy atom. The lowest BCUT2D eigenvalue weighted by molar-refractivity contribution is 0.238. The van der Waals surface area contributed by atoms with E-state index in [4.69, 9.17) is 5.10 Å². The van der Waals surface area contributed by atoms with Gasteiger partial charge >= 0.3 is 0 Å². The minimum absolute atomic E-state index is 0.536. The number of rotatable bonds is 0. The molecule has 4 rings (SSSR count). The summed E-state index contributed by atoms with van der Waals surface area (Å²) in [6.07, 6.45) is 1.17. The minimum atomic E-state index is 0.536. The van der Waals surface area contributed by atoms with Crippen molar-refractivity contribution in [3.8, 4) is 0 Å². The average molecular weight is 246 g/mol. The van der Waals surface area contributed by atoms with Crippen molar-refractivity contribution in [2.24, 2.45) is 13.0 Å². The second-order valence-electron chi connectivity index (χ2n) is 5.40. The SMILES string of the molecule is Cc1nn(C)c2nn3c(c12)NCC1CNCCC13. The molecule has 6 nitrogen and oxygen atoms in total. The zero-order chi connectivity index (χ0) is 12.3. The summed E-state index contributed by atoms with van der Waals surface area (Å²) in [6.45, 7) is 5.27. The summed E-state index contributed by atoms with van der Waals surface area (Å²) in [5.41, 5.74) is 2.06. The second-order valence-corrected chi connectivity index (χ2v) is 5.40. The molecule has 2 aromatic heterocycles. The van der Waals surface area contributed by atoms with Gasteiger partial charge in [0.2, 0.25) is 0 Å². The third kappa shape index (κ3) is 1.21. The van der Waals surface area contributed by atoms with Crippen molar-refractivity contribution in [2.75, 3.05) is 25.0 Å². The highest BCUT2D eigenvalue weighted by molar-refractivity contribution is 5.90. The molecule has 96 valence electrons. The van der Waals surface area contributed by atoms with Gasteiger partial charge in [-0.2, -0.15) is 10.2 Å². The van der Waals surface area contributed by atoms with Gasteiger partial charge in [0.05, 0.1) is 17.1 Å². The Morgan fingerprint density at radius 2 is 2.17 bits per heavy atom. The number of nitrogens with one attached hydrogen (secondary N) is 2. The van der Waals surface area contributed by atoms with Gasteiger partial charge in [0.25, 0.3) is 0 Å². The van der Waals surface area contributed by atoms with Crippen molar-refractivity contribution in [3.05, 3.63) is 5.69 Å². The van der Waals surface area contributed by atoms with E-state index in [0.29, 0.717) is 12.0 Å². The zero-order valence-corrected chi connectivity index (χ0v) is 10.8. The van der Waals surface area contributed by atoms with Crippen molar-refractivity contribution in [2.45, 2.75) is 19.4 Å². The van der Waals surface area contributed by atoms with Gasteiger partial charge in [-0.1, -0.05) is 0 Å². The van der Waals surface area contributed by atoms with Crippen LogP contribution in [0, 0.1) is 12.8 Å². The normalized spacial score (nSPS) is 26.8. The first-order chi connectivity index (χ1) is 8.75. The van der Waals surface area contributed by atoms with Crippen LogP contribution in [0.15, 0.2) is 0 Å². The van der Waals surface area contributed by atoms with E-state index in [1.807, 2.05) is 11.7 Å². The van der Waals surface area contributed by atoms with Crippen molar-refractivity contribution >= 4 is 16.9 Å². The summed E-state index contributed by atoms with van der Waals surface area (Å²) in [5.74, 6) is 1.81. The molecule has 0 saturated carbocycles. The summed E-state index contributed by atoms with van der Waals surface area (Å²) in [7, 11) is 1.97. The summed E-state index contributed by atoms with van der Waals surface area (Å²) in [6, 6.07) is 0.536. The van der Waals surface area contributed by atoms with E-state index in [1.165, 1.54) is 17.6 Å². The van der Waals surface area contributed by atoms with Gasteiger partial charge in [0.15, 0.2) is 5.65 Å². The van der Waals surface area contributed by atoms with Crippen LogP contribution in [0.5, 0.6) is 0 Å². The fraction of sp³-hybridized carbons (Fsp3) is 0.667. The van der Waals surface area contributed by atoms with Crippen molar-refractivity contribution < 1.29 is 0 Å². The first-order valence-electron chi connectivity index (χ1n) is 6.62. The number of anilines is 1. The summed E-state index contributed by atoms with van der Waals surface area (Å²) in [5, 5.41) is 17.4. The minimum Gasteiger partial charge on any atom is -0.369 e. The Morgan fingerprint density at radius 1 is 1.28 bits per heavy atom. The van der Waals surface area contributed by atoms with Crippen LogP contribution in [-0.2, 0) is 7.05 Å². The predicted molar refractivity (Wildman–Crippen MR) is 69.7 cm³/mol. The molecular formula is C12H18N6. The third-order valence-corrected chi connectivity index (χ3v) is 4.27. The molecule has 0 amide bonds. The Balaban J connectivity index is 1.92. The number of hydrogen-bond acceptors (Lipinski definition) is 4. The van der Waals surface area contributed by atoms with E-state index < -0.39 is 0 Å². The number of hydrogen-bond donors (Lipinski definition) is 2. The highest BCUT2D eigenvalue weighted by atomic mass is 15.4. The molecule has 2 aliphatic rings. The zero-order valence-electron chi connectivity index (χ0n) is 10.8. The Bertz CT molecular complexity index is 610. The predicted octanol–water partition coefficient (Wildman–Crippen LogP) is 0.654. The summed E-state index contributed by atoms with van der Waals surface area (Å²) >= 11 is 0. The maximum atomic E-state index is 4.78. The monoisotopic (exact) mass is 246 g/mol. The lowest BCUT2D eigenvalue weighted by Crippen LogP contribution is -2.44. The molecule has 0 aromatic carbocycles. The third-order valence-electron chi connectivity index (χ3n) is 4.27. The molecule has 0 bridgehead atoms. The standard InChI is InChI=1S/C12H18N6/c1-7-10-11-14-6-8-5-13-4-3-9(8)18(11)16-12(10)17(2)15-7/h8-9,13-14H,3-6H2,1-2H3. The molecule has 1 saturated heterocycles. The molecule has 2 unspecified atom stereocenters. The maximum absolute atomic E-state index is 4.78. The molecule has 2 N–H and O–H groups in total. The van der Waals surface area contributed by atoms with E-state index in [-0.39, 0.29) is 0 Å². The van der Waals surface area contributed by atoms with Crippen LogP contribution in [0.1, 0.15) is 18.2 Å². The molecule has 2 atom stereocenters. The van der Waals surface area contributed by atoms with E-state index in [9.17, 15) is 0 Å². The maximum Gasteiger partial charge on any atom is 0.182 e. The number of piperidine rings is 1. The van der Waals surface area contributed by atoms with Gasteiger partial charge in [-0.05, 0) is 19.9 Å². The van der Waals surface area contributed by atoms with E-state index in [0.717, 1.165) is 31.0 Å². The van der Waals surface area contributed by atoms with E-state index in [1.54, 1.807) is 0 Å². The molecule has 2 aromatic rings. The fourth-order valence-corrected chi connectivity index (χ4v) is 3.38. The van der Waals surface area contributed by atoms with E-state index in [2.05, 4.69) is 27.3 Å². The summed E-state index contributed by atoms with van der Waals surface area (Å²) < 4.78 is 4.09. The number of fused-ring (bicyclic) bond motifs is 5. The molecular weight excluding hydrogens is 228 g/mol. The lowest BCUT2D eigenvalue weighted by Gasteiger charge is -2.37.